The Morgan fingerprint density at radius 2 is 2.00 bits per heavy atom. The molecule has 5 N–H and O–H groups in total. The summed E-state index contributed by atoms with van der Waals surface area (Å²) in [5, 5.41) is 9.81. The van der Waals surface area contributed by atoms with E-state index in [0.717, 1.165) is 0 Å². The molecule has 0 fully saturated rings. The summed E-state index contributed by atoms with van der Waals surface area (Å²) in [7, 11) is 0. The average Bonchev–Trinajstić information content (AvgIpc) is 2.47. The Kier molecular flexibility index (Phi) is 4.21. The minimum Gasteiger partial charge on any atom is -0.504 e. The van der Waals surface area contributed by atoms with E-state index < -0.39 is 18.0 Å². The number of ether oxygens (including phenoxy) is 2. The van der Waals surface area contributed by atoms with Gasteiger partial charge in [0.2, 0.25) is 5.75 Å². The molecule has 0 unspecified atom stereocenters. The van der Waals surface area contributed by atoms with Gasteiger partial charge in [-0.15, -0.1) is 0 Å². The van der Waals surface area contributed by atoms with Crippen LogP contribution in [0.25, 0.3) is 0 Å². The average molecular weight is 280 g/mol. The van der Waals surface area contributed by atoms with E-state index in [2.05, 4.69) is 0 Å². The normalized spacial score (nSPS) is 19.2. The van der Waals surface area contributed by atoms with Crippen LogP contribution in [0.5, 0.6) is 17.2 Å². The summed E-state index contributed by atoms with van der Waals surface area (Å²) >= 11 is 0. The molecule has 0 aliphatic carbocycles. The molecule has 2 rings (SSSR count). The van der Waals surface area contributed by atoms with Crippen LogP contribution < -0.4 is 20.9 Å². The smallest absolute Gasteiger partial charge is 0.328 e. The number of nitrogens with two attached hydrogens (primary N) is 2. The van der Waals surface area contributed by atoms with Crippen molar-refractivity contribution in [1.82, 2.24) is 0 Å². The SMILES string of the molecule is NCCc1ccc(O)c2c1OC(=O)CC[C@@H](N)C(=O)O2. The van der Waals surface area contributed by atoms with Gasteiger partial charge in [-0.3, -0.25) is 4.79 Å². The molecule has 0 spiro atoms. The van der Waals surface area contributed by atoms with Gasteiger partial charge in [0.25, 0.3) is 0 Å². The largest absolute Gasteiger partial charge is 0.504 e. The lowest BCUT2D eigenvalue weighted by molar-refractivity contribution is -0.136. The molecule has 0 saturated heterocycles. The molecule has 0 radical (unpaired) electrons. The zero-order chi connectivity index (χ0) is 14.7. The number of fused-ring (bicyclic) bond motifs is 1. The number of aromatic hydroxyl groups is 1. The van der Waals surface area contributed by atoms with Gasteiger partial charge in [0.1, 0.15) is 6.04 Å². The summed E-state index contributed by atoms with van der Waals surface area (Å²) in [4.78, 5) is 23.5. The first kappa shape index (κ1) is 14.3. The summed E-state index contributed by atoms with van der Waals surface area (Å²) in [6.07, 6.45) is 0.533. The minimum absolute atomic E-state index is 0.00652. The molecule has 1 heterocycles. The molecular formula is C13H16N2O5. The van der Waals surface area contributed by atoms with E-state index in [4.69, 9.17) is 20.9 Å². The highest BCUT2D eigenvalue weighted by molar-refractivity contribution is 5.83. The molecular weight excluding hydrogens is 264 g/mol. The molecule has 1 aromatic rings. The molecule has 1 atom stereocenters. The van der Waals surface area contributed by atoms with Crippen molar-refractivity contribution < 1.29 is 24.2 Å². The second kappa shape index (κ2) is 5.89. The maximum Gasteiger partial charge on any atom is 0.328 e. The number of carbonyl (C=O) groups is 2. The summed E-state index contributed by atoms with van der Waals surface area (Å²) in [5.74, 6) is -1.71. The monoisotopic (exact) mass is 280 g/mol. The highest BCUT2D eigenvalue weighted by Gasteiger charge is 2.27. The molecule has 0 bridgehead atoms. The van der Waals surface area contributed by atoms with E-state index in [1.54, 1.807) is 6.07 Å². The van der Waals surface area contributed by atoms with Crippen molar-refractivity contribution in [1.29, 1.82) is 0 Å². The van der Waals surface area contributed by atoms with Crippen molar-refractivity contribution in [3.8, 4) is 17.2 Å². The van der Waals surface area contributed by atoms with Crippen molar-refractivity contribution in [2.75, 3.05) is 6.54 Å². The maximum absolute atomic E-state index is 11.8. The highest BCUT2D eigenvalue weighted by atomic mass is 16.6. The first-order valence-electron chi connectivity index (χ1n) is 6.25. The van der Waals surface area contributed by atoms with Crippen molar-refractivity contribution in [2.45, 2.75) is 25.3 Å². The van der Waals surface area contributed by atoms with Gasteiger partial charge in [-0.1, -0.05) is 6.07 Å². The van der Waals surface area contributed by atoms with Crippen LogP contribution in [0.1, 0.15) is 18.4 Å². The van der Waals surface area contributed by atoms with Crippen LogP contribution in [-0.2, 0) is 16.0 Å². The number of esters is 2. The van der Waals surface area contributed by atoms with Gasteiger partial charge in [-0.2, -0.15) is 0 Å². The molecule has 1 aliphatic rings. The summed E-state index contributed by atoms with van der Waals surface area (Å²) in [6.45, 7) is 0.322. The topological polar surface area (TPSA) is 125 Å². The van der Waals surface area contributed by atoms with Crippen molar-refractivity contribution >= 4 is 11.9 Å². The second-order valence-corrected chi connectivity index (χ2v) is 4.48. The Morgan fingerprint density at radius 3 is 2.70 bits per heavy atom. The molecule has 7 heteroatoms. The van der Waals surface area contributed by atoms with E-state index in [1.165, 1.54) is 6.07 Å². The minimum atomic E-state index is -0.939. The standard InChI is InChI=1S/C13H16N2O5/c14-6-5-7-1-3-9(16)12-11(7)19-10(17)4-2-8(15)13(18)20-12/h1,3,8,16H,2,4-6,14-15H2/t8-/m1/s1. The van der Waals surface area contributed by atoms with Gasteiger partial charge >= 0.3 is 11.9 Å². The van der Waals surface area contributed by atoms with Crippen LogP contribution in [0.4, 0.5) is 0 Å². The molecule has 108 valence electrons. The van der Waals surface area contributed by atoms with Crippen LogP contribution in [-0.4, -0.2) is 29.6 Å². The number of hydrogen-bond acceptors (Lipinski definition) is 7. The molecule has 0 saturated carbocycles. The Bertz CT molecular complexity index is 544. The number of phenolic OH excluding ortho intramolecular Hbond substituents is 1. The van der Waals surface area contributed by atoms with Gasteiger partial charge in [0.05, 0.1) is 0 Å². The fourth-order valence-corrected chi connectivity index (χ4v) is 1.89. The third kappa shape index (κ3) is 2.89. The summed E-state index contributed by atoms with van der Waals surface area (Å²) in [5.41, 5.74) is 11.7. The molecule has 0 amide bonds. The van der Waals surface area contributed by atoms with Crippen LogP contribution in [0, 0.1) is 0 Å². The van der Waals surface area contributed by atoms with Crippen molar-refractivity contribution in [2.24, 2.45) is 11.5 Å². The fourth-order valence-electron chi connectivity index (χ4n) is 1.89. The Labute approximate surface area is 115 Å². The summed E-state index contributed by atoms with van der Waals surface area (Å²) < 4.78 is 10.3. The number of hydrogen-bond donors (Lipinski definition) is 3. The van der Waals surface area contributed by atoms with E-state index in [-0.39, 0.29) is 30.1 Å². The van der Waals surface area contributed by atoms with Crippen LogP contribution >= 0.6 is 0 Å². The van der Waals surface area contributed by atoms with Gasteiger partial charge in [0.15, 0.2) is 11.5 Å². The molecule has 7 nitrogen and oxygen atoms in total. The van der Waals surface area contributed by atoms with Gasteiger partial charge in [-0.05, 0) is 25.5 Å². The molecule has 20 heavy (non-hydrogen) atoms. The van der Waals surface area contributed by atoms with Gasteiger partial charge in [-0.25, -0.2) is 4.79 Å². The first-order valence-corrected chi connectivity index (χ1v) is 6.25. The Hall–Kier alpha value is -2.12. The maximum atomic E-state index is 11.8. The fraction of sp³-hybridized carbons (Fsp3) is 0.385. The zero-order valence-electron chi connectivity index (χ0n) is 10.8. The van der Waals surface area contributed by atoms with Gasteiger partial charge in [0, 0.05) is 12.0 Å². The second-order valence-electron chi connectivity index (χ2n) is 4.48. The zero-order valence-corrected chi connectivity index (χ0v) is 10.8. The van der Waals surface area contributed by atoms with E-state index >= 15 is 0 Å². The lowest BCUT2D eigenvalue weighted by Crippen LogP contribution is -2.34. The van der Waals surface area contributed by atoms with E-state index in [1.807, 2.05) is 0 Å². The molecule has 1 aliphatic heterocycles. The van der Waals surface area contributed by atoms with Gasteiger partial charge < -0.3 is 26.0 Å². The van der Waals surface area contributed by atoms with Crippen molar-refractivity contribution in [3.05, 3.63) is 17.7 Å². The Morgan fingerprint density at radius 1 is 1.25 bits per heavy atom. The molecule has 1 aromatic carbocycles. The van der Waals surface area contributed by atoms with Crippen molar-refractivity contribution in [3.63, 3.8) is 0 Å². The number of benzene rings is 1. The summed E-state index contributed by atoms with van der Waals surface area (Å²) in [6, 6.07) is 1.99. The third-order valence-electron chi connectivity index (χ3n) is 2.97. The number of phenols is 1. The first-order chi connectivity index (χ1) is 9.52. The van der Waals surface area contributed by atoms with Crippen LogP contribution in [0.2, 0.25) is 0 Å². The lowest BCUT2D eigenvalue weighted by atomic mass is 10.1. The van der Waals surface area contributed by atoms with Crippen LogP contribution in [0.15, 0.2) is 12.1 Å². The lowest BCUT2D eigenvalue weighted by Gasteiger charge is -2.14. The predicted octanol–water partition coefficient (Wildman–Crippen LogP) is -0.175. The van der Waals surface area contributed by atoms with E-state index in [9.17, 15) is 14.7 Å². The number of rotatable bonds is 2. The molecule has 0 aromatic heterocycles. The third-order valence-corrected chi connectivity index (χ3v) is 2.97. The van der Waals surface area contributed by atoms with Crippen LogP contribution in [0.3, 0.4) is 0 Å². The quantitative estimate of drug-likeness (QED) is 0.507. The predicted molar refractivity (Wildman–Crippen MR) is 69.3 cm³/mol. The highest BCUT2D eigenvalue weighted by Crippen LogP contribution is 2.40. The van der Waals surface area contributed by atoms with E-state index in [0.29, 0.717) is 18.5 Å². The Balaban J connectivity index is 2.50. The number of carbonyl (C=O) groups excluding carboxylic acids is 2.